The van der Waals surface area contributed by atoms with E-state index in [1.807, 2.05) is 0 Å². The molecule has 0 atom stereocenters. The molecule has 0 aromatic carbocycles. The molecule has 2 fully saturated rings. The van der Waals surface area contributed by atoms with Gasteiger partial charge in [-0.1, -0.05) is 25.7 Å². The zero-order valence-electron chi connectivity index (χ0n) is 12.4. The maximum Gasteiger partial charge on any atom is 0.232 e. The van der Waals surface area contributed by atoms with E-state index in [2.05, 4.69) is 25.2 Å². The fourth-order valence-electron chi connectivity index (χ4n) is 2.96. The lowest BCUT2D eigenvalue weighted by Crippen LogP contribution is -2.37. The summed E-state index contributed by atoms with van der Waals surface area (Å²) in [6.45, 7) is 3.01. The Balaban J connectivity index is 1.70. The number of hydrogen-bond donors (Lipinski definition) is 2. The minimum absolute atomic E-state index is 0.280. The van der Waals surface area contributed by atoms with Crippen LogP contribution in [0.3, 0.4) is 0 Å². The molecular weight excluding hydrogens is 268 g/mol. The highest BCUT2D eigenvalue weighted by Gasteiger charge is 2.18. The van der Waals surface area contributed by atoms with Crippen molar-refractivity contribution in [1.29, 1.82) is 0 Å². The molecule has 1 aromatic rings. The highest BCUT2D eigenvalue weighted by atomic mass is 16.5. The van der Waals surface area contributed by atoms with Crippen molar-refractivity contribution in [3.63, 3.8) is 0 Å². The summed E-state index contributed by atoms with van der Waals surface area (Å²) in [5.41, 5.74) is 5.84. The summed E-state index contributed by atoms with van der Waals surface area (Å²) < 4.78 is 5.36. The van der Waals surface area contributed by atoms with Gasteiger partial charge in [0.15, 0.2) is 0 Å². The number of anilines is 3. The van der Waals surface area contributed by atoms with Crippen LogP contribution >= 0.6 is 0 Å². The largest absolute Gasteiger partial charge is 0.378 e. The Morgan fingerprint density at radius 2 is 1.71 bits per heavy atom. The van der Waals surface area contributed by atoms with Crippen LogP contribution in [0.25, 0.3) is 0 Å². The van der Waals surface area contributed by atoms with Crippen molar-refractivity contribution in [1.82, 2.24) is 15.0 Å². The SMILES string of the molecule is Nc1nc(NC2CCCCCC2)nc(N2CCOCC2)n1. The number of nitrogen functional groups attached to an aromatic ring is 1. The molecule has 1 saturated carbocycles. The lowest BCUT2D eigenvalue weighted by molar-refractivity contribution is 0.122. The molecule has 7 heteroatoms. The second kappa shape index (κ2) is 6.89. The Kier molecular flexibility index (Phi) is 4.69. The molecule has 3 rings (SSSR count). The van der Waals surface area contributed by atoms with Crippen LogP contribution in [0, 0.1) is 0 Å². The van der Waals surface area contributed by atoms with Gasteiger partial charge in [0.2, 0.25) is 17.8 Å². The first-order valence-electron chi connectivity index (χ1n) is 7.92. The third kappa shape index (κ3) is 3.93. The number of aromatic nitrogens is 3. The van der Waals surface area contributed by atoms with Crippen LogP contribution < -0.4 is 16.0 Å². The van der Waals surface area contributed by atoms with E-state index in [0.29, 0.717) is 31.2 Å². The Bertz CT molecular complexity index is 455. The normalized spacial score (nSPS) is 21.0. The molecule has 1 saturated heterocycles. The first kappa shape index (κ1) is 14.3. The highest BCUT2D eigenvalue weighted by molar-refractivity contribution is 5.42. The molecule has 116 valence electrons. The van der Waals surface area contributed by atoms with E-state index >= 15 is 0 Å². The second-order valence-electron chi connectivity index (χ2n) is 5.75. The third-order valence-electron chi connectivity index (χ3n) is 4.12. The molecule has 3 N–H and O–H groups in total. The van der Waals surface area contributed by atoms with Gasteiger partial charge in [0, 0.05) is 19.1 Å². The molecule has 0 unspecified atom stereocenters. The van der Waals surface area contributed by atoms with Gasteiger partial charge in [0.05, 0.1) is 13.2 Å². The molecular formula is C14H24N6O. The molecule has 21 heavy (non-hydrogen) atoms. The number of hydrogen-bond acceptors (Lipinski definition) is 7. The molecule has 0 radical (unpaired) electrons. The first-order valence-corrected chi connectivity index (χ1v) is 7.92. The molecule has 1 aliphatic heterocycles. The molecule has 7 nitrogen and oxygen atoms in total. The van der Waals surface area contributed by atoms with E-state index in [-0.39, 0.29) is 5.95 Å². The van der Waals surface area contributed by atoms with Crippen molar-refractivity contribution in [3.05, 3.63) is 0 Å². The van der Waals surface area contributed by atoms with E-state index in [9.17, 15) is 0 Å². The summed E-state index contributed by atoms with van der Waals surface area (Å²) in [5, 5.41) is 3.44. The summed E-state index contributed by atoms with van der Waals surface area (Å²) in [6.07, 6.45) is 7.56. The maximum atomic E-state index is 5.84. The van der Waals surface area contributed by atoms with E-state index in [1.165, 1.54) is 38.5 Å². The molecule has 0 spiro atoms. The summed E-state index contributed by atoms with van der Waals surface area (Å²) in [7, 11) is 0. The number of morpholine rings is 1. The summed E-state index contributed by atoms with van der Waals surface area (Å²) in [5.74, 6) is 1.54. The molecule has 2 aliphatic rings. The zero-order chi connectivity index (χ0) is 14.5. The zero-order valence-corrected chi connectivity index (χ0v) is 12.4. The van der Waals surface area contributed by atoms with Gasteiger partial charge in [-0.15, -0.1) is 0 Å². The average molecular weight is 292 g/mol. The minimum atomic E-state index is 0.280. The number of rotatable bonds is 3. The van der Waals surface area contributed by atoms with Gasteiger partial charge in [-0.3, -0.25) is 0 Å². The molecule has 1 aliphatic carbocycles. The lowest BCUT2D eigenvalue weighted by Gasteiger charge is -2.27. The van der Waals surface area contributed by atoms with Gasteiger partial charge in [-0.05, 0) is 12.8 Å². The van der Waals surface area contributed by atoms with Crippen LogP contribution in [0.1, 0.15) is 38.5 Å². The predicted octanol–water partition coefficient (Wildman–Crippen LogP) is 1.43. The fourth-order valence-corrected chi connectivity index (χ4v) is 2.96. The van der Waals surface area contributed by atoms with Crippen LogP contribution in [0.4, 0.5) is 17.8 Å². The van der Waals surface area contributed by atoms with E-state index < -0.39 is 0 Å². The molecule has 2 heterocycles. The summed E-state index contributed by atoms with van der Waals surface area (Å²) in [4.78, 5) is 15.1. The van der Waals surface area contributed by atoms with E-state index in [4.69, 9.17) is 10.5 Å². The van der Waals surface area contributed by atoms with Gasteiger partial charge in [0.1, 0.15) is 0 Å². The topological polar surface area (TPSA) is 89.2 Å². The van der Waals surface area contributed by atoms with E-state index in [0.717, 1.165) is 13.1 Å². The molecule has 1 aromatic heterocycles. The Morgan fingerprint density at radius 3 is 2.43 bits per heavy atom. The van der Waals surface area contributed by atoms with Crippen molar-refractivity contribution in [2.75, 3.05) is 42.3 Å². The van der Waals surface area contributed by atoms with Gasteiger partial charge in [-0.25, -0.2) is 0 Å². The minimum Gasteiger partial charge on any atom is -0.378 e. The number of nitrogens with two attached hydrogens (primary N) is 1. The van der Waals surface area contributed by atoms with Gasteiger partial charge >= 0.3 is 0 Å². The third-order valence-corrected chi connectivity index (χ3v) is 4.12. The van der Waals surface area contributed by atoms with Crippen molar-refractivity contribution in [2.24, 2.45) is 0 Å². The Morgan fingerprint density at radius 1 is 1.00 bits per heavy atom. The molecule has 0 bridgehead atoms. The van der Waals surface area contributed by atoms with Crippen LogP contribution in [-0.2, 0) is 4.74 Å². The maximum absolute atomic E-state index is 5.84. The van der Waals surface area contributed by atoms with Crippen molar-refractivity contribution < 1.29 is 4.74 Å². The van der Waals surface area contributed by atoms with Crippen LogP contribution in [-0.4, -0.2) is 47.3 Å². The second-order valence-corrected chi connectivity index (χ2v) is 5.75. The highest BCUT2D eigenvalue weighted by Crippen LogP contribution is 2.21. The van der Waals surface area contributed by atoms with Crippen molar-refractivity contribution in [2.45, 2.75) is 44.6 Å². The molecule has 0 amide bonds. The average Bonchev–Trinajstić information content (AvgIpc) is 2.76. The lowest BCUT2D eigenvalue weighted by atomic mass is 10.1. The van der Waals surface area contributed by atoms with Gasteiger partial charge in [0.25, 0.3) is 0 Å². The van der Waals surface area contributed by atoms with Crippen molar-refractivity contribution in [3.8, 4) is 0 Å². The predicted molar refractivity (Wildman–Crippen MR) is 82.4 cm³/mol. The number of ether oxygens (including phenoxy) is 1. The van der Waals surface area contributed by atoms with Gasteiger partial charge in [-0.2, -0.15) is 15.0 Å². The van der Waals surface area contributed by atoms with Gasteiger partial charge < -0.3 is 20.7 Å². The van der Waals surface area contributed by atoms with E-state index in [1.54, 1.807) is 0 Å². The summed E-state index contributed by atoms with van der Waals surface area (Å²) in [6, 6.07) is 0.451. The van der Waals surface area contributed by atoms with Crippen LogP contribution in [0.15, 0.2) is 0 Å². The quantitative estimate of drug-likeness (QED) is 0.814. The summed E-state index contributed by atoms with van der Waals surface area (Å²) >= 11 is 0. The fraction of sp³-hybridized carbons (Fsp3) is 0.786. The van der Waals surface area contributed by atoms with Crippen LogP contribution in [0.5, 0.6) is 0 Å². The van der Waals surface area contributed by atoms with Crippen molar-refractivity contribution >= 4 is 17.8 Å². The Hall–Kier alpha value is -1.63. The Labute approximate surface area is 125 Å². The van der Waals surface area contributed by atoms with Crippen LogP contribution in [0.2, 0.25) is 0 Å². The smallest absolute Gasteiger partial charge is 0.232 e. The standard InChI is InChI=1S/C14H24N6O/c15-12-17-13(16-11-5-3-1-2-4-6-11)19-14(18-12)20-7-9-21-10-8-20/h11H,1-10H2,(H3,15,16,17,18,19). The first-order chi connectivity index (χ1) is 10.3. The monoisotopic (exact) mass is 292 g/mol. The number of nitrogens with zero attached hydrogens (tertiary/aromatic N) is 4. The number of nitrogens with one attached hydrogen (secondary N) is 1.